The van der Waals surface area contributed by atoms with Gasteiger partial charge in [-0.3, -0.25) is 9.80 Å². The average molecular weight is 461 g/mol. The Hall–Kier alpha value is -3.62. The number of aromatic hydroxyl groups is 1. The molecule has 1 N–H and O–H groups in total. The van der Waals surface area contributed by atoms with Gasteiger partial charge in [-0.1, -0.05) is 17.3 Å². The number of ether oxygens (including phenoxy) is 2. The van der Waals surface area contributed by atoms with Crippen molar-refractivity contribution in [3.05, 3.63) is 66.1 Å². The maximum Gasteiger partial charge on any atom is 0.241 e. The van der Waals surface area contributed by atoms with Crippen molar-refractivity contribution in [1.82, 2.24) is 19.9 Å². The lowest BCUT2D eigenvalue weighted by molar-refractivity contribution is 0.112. The highest BCUT2D eigenvalue weighted by molar-refractivity contribution is 5.89. The number of methoxy groups -OCH3 is 2. The zero-order valence-electron chi connectivity index (χ0n) is 19.4. The van der Waals surface area contributed by atoms with Gasteiger partial charge in [-0.15, -0.1) is 0 Å². The number of nitrogens with zero attached hydrogens (tertiary/aromatic N) is 4. The number of hydrogen-bond donors (Lipinski definition) is 1. The number of benzene rings is 3. The number of phenols is 1. The van der Waals surface area contributed by atoms with Gasteiger partial charge in [0.25, 0.3) is 0 Å². The fraction of sp³-hybridized carbons (Fsp3) is 0.308. The minimum absolute atomic E-state index is 0.320. The third kappa shape index (κ3) is 4.69. The molecule has 0 bridgehead atoms. The van der Waals surface area contributed by atoms with Crippen molar-refractivity contribution >= 4 is 10.8 Å². The summed E-state index contributed by atoms with van der Waals surface area (Å²) in [7, 11) is 3.30. The van der Waals surface area contributed by atoms with Crippen LogP contribution in [-0.4, -0.2) is 65.4 Å². The van der Waals surface area contributed by atoms with Crippen LogP contribution < -0.4 is 9.47 Å². The predicted octanol–water partition coefficient (Wildman–Crippen LogP) is 3.93. The van der Waals surface area contributed by atoms with Crippen LogP contribution in [0.2, 0.25) is 0 Å². The van der Waals surface area contributed by atoms with Gasteiger partial charge in [-0.2, -0.15) is 4.98 Å². The van der Waals surface area contributed by atoms with E-state index in [1.807, 2.05) is 48.5 Å². The van der Waals surface area contributed by atoms with E-state index in [1.165, 1.54) is 0 Å². The molecule has 0 amide bonds. The molecule has 3 aromatic carbocycles. The minimum atomic E-state index is 0.320. The fourth-order valence-corrected chi connectivity index (χ4v) is 4.34. The van der Waals surface area contributed by atoms with Crippen LogP contribution in [0.1, 0.15) is 11.5 Å². The standard InChI is InChI=1S/C26H28N4O4/c1-32-20-7-4-19(5-8-20)26-27-25(34-28-26)17-30-13-11-29(12-14-30)16-23-22-15-21(33-2)9-3-18(22)6-10-24(23)31/h3-10,15,31H,11-14,16-17H2,1-2H3. The van der Waals surface area contributed by atoms with Gasteiger partial charge < -0.3 is 19.1 Å². The highest BCUT2D eigenvalue weighted by atomic mass is 16.5. The largest absolute Gasteiger partial charge is 0.508 e. The van der Waals surface area contributed by atoms with Gasteiger partial charge in [0.05, 0.1) is 20.8 Å². The van der Waals surface area contributed by atoms with Crippen molar-refractivity contribution in [3.8, 4) is 28.6 Å². The van der Waals surface area contributed by atoms with Gasteiger partial charge in [0, 0.05) is 43.9 Å². The molecule has 4 aromatic rings. The quantitative estimate of drug-likeness (QED) is 0.444. The molecule has 1 saturated heterocycles. The van der Waals surface area contributed by atoms with Gasteiger partial charge in [-0.05, 0) is 53.2 Å². The summed E-state index contributed by atoms with van der Waals surface area (Å²) >= 11 is 0. The van der Waals surface area contributed by atoms with Crippen LogP contribution in [0, 0.1) is 0 Å². The van der Waals surface area contributed by atoms with Crippen LogP contribution in [0.25, 0.3) is 22.2 Å². The van der Waals surface area contributed by atoms with Crippen LogP contribution in [0.5, 0.6) is 17.2 Å². The van der Waals surface area contributed by atoms with E-state index in [9.17, 15) is 5.11 Å². The van der Waals surface area contributed by atoms with Gasteiger partial charge in [0.1, 0.15) is 17.2 Å². The van der Waals surface area contributed by atoms with E-state index < -0.39 is 0 Å². The molecular weight excluding hydrogens is 432 g/mol. The second-order valence-electron chi connectivity index (χ2n) is 8.44. The minimum Gasteiger partial charge on any atom is -0.508 e. The fourth-order valence-electron chi connectivity index (χ4n) is 4.34. The molecule has 2 heterocycles. The Kier molecular flexibility index (Phi) is 6.33. The summed E-state index contributed by atoms with van der Waals surface area (Å²) in [5.41, 5.74) is 1.83. The van der Waals surface area contributed by atoms with Gasteiger partial charge in [-0.25, -0.2) is 0 Å². The highest BCUT2D eigenvalue weighted by Crippen LogP contribution is 2.31. The third-order valence-electron chi connectivity index (χ3n) is 6.34. The van der Waals surface area contributed by atoms with E-state index in [0.717, 1.165) is 59.6 Å². The Morgan fingerprint density at radius 2 is 1.50 bits per heavy atom. The first-order valence-corrected chi connectivity index (χ1v) is 11.3. The SMILES string of the molecule is COc1ccc(-c2noc(CN3CCN(Cc4c(O)ccc5ccc(OC)cc45)CC3)n2)cc1. The second-order valence-corrected chi connectivity index (χ2v) is 8.44. The first-order valence-electron chi connectivity index (χ1n) is 11.3. The Morgan fingerprint density at radius 1 is 0.853 bits per heavy atom. The summed E-state index contributed by atoms with van der Waals surface area (Å²) in [4.78, 5) is 9.24. The Morgan fingerprint density at radius 3 is 2.21 bits per heavy atom. The second kappa shape index (κ2) is 9.70. The van der Waals surface area contributed by atoms with Crippen LogP contribution in [0.15, 0.2) is 59.1 Å². The maximum atomic E-state index is 10.6. The molecule has 0 aliphatic carbocycles. The molecule has 0 atom stereocenters. The molecule has 0 radical (unpaired) electrons. The molecule has 5 rings (SSSR count). The van der Waals surface area contributed by atoms with Gasteiger partial charge in [0.2, 0.25) is 11.7 Å². The van der Waals surface area contributed by atoms with Crippen molar-refractivity contribution in [1.29, 1.82) is 0 Å². The van der Waals surface area contributed by atoms with E-state index in [0.29, 0.717) is 30.6 Å². The van der Waals surface area contributed by atoms with E-state index in [1.54, 1.807) is 20.3 Å². The number of rotatable bonds is 7. The molecule has 34 heavy (non-hydrogen) atoms. The number of hydrogen-bond acceptors (Lipinski definition) is 8. The number of piperazine rings is 1. The van der Waals surface area contributed by atoms with Crippen molar-refractivity contribution in [2.45, 2.75) is 13.1 Å². The molecular formula is C26H28N4O4. The number of phenolic OH excluding ortho intramolecular Hbond substituents is 1. The summed E-state index contributed by atoms with van der Waals surface area (Å²) in [6, 6.07) is 17.3. The molecule has 0 saturated carbocycles. The summed E-state index contributed by atoms with van der Waals surface area (Å²) in [5, 5.41) is 16.8. The molecule has 0 unspecified atom stereocenters. The van der Waals surface area contributed by atoms with Gasteiger partial charge in [0.15, 0.2) is 0 Å². The Bertz CT molecular complexity index is 1260. The van der Waals surface area contributed by atoms with Gasteiger partial charge >= 0.3 is 0 Å². The molecule has 1 aliphatic rings. The van der Waals surface area contributed by atoms with E-state index in [2.05, 4.69) is 19.9 Å². The molecule has 8 heteroatoms. The predicted molar refractivity (Wildman–Crippen MR) is 129 cm³/mol. The van der Waals surface area contributed by atoms with Crippen LogP contribution in [0.3, 0.4) is 0 Å². The lowest BCUT2D eigenvalue weighted by Gasteiger charge is -2.34. The summed E-state index contributed by atoms with van der Waals surface area (Å²) < 4.78 is 16.1. The highest BCUT2D eigenvalue weighted by Gasteiger charge is 2.21. The zero-order chi connectivity index (χ0) is 23.5. The molecule has 176 valence electrons. The molecule has 8 nitrogen and oxygen atoms in total. The lowest BCUT2D eigenvalue weighted by atomic mass is 10.0. The van der Waals surface area contributed by atoms with Crippen molar-refractivity contribution in [2.24, 2.45) is 0 Å². The van der Waals surface area contributed by atoms with Crippen molar-refractivity contribution in [2.75, 3.05) is 40.4 Å². The Balaban J connectivity index is 1.21. The first-order chi connectivity index (χ1) is 16.6. The first kappa shape index (κ1) is 22.2. The maximum absolute atomic E-state index is 10.6. The van der Waals surface area contributed by atoms with E-state index in [-0.39, 0.29) is 0 Å². The van der Waals surface area contributed by atoms with Crippen LogP contribution >= 0.6 is 0 Å². The van der Waals surface area contributed by atoms with Crippen LogP contribution in [-0.2, 0) is 13.1 Å². The molecule has 1 fully saturated rings. The monoisotopic (exact) mass is 460 g/mol. The average Bonchev–Trinajstić information content (AvgIpc) is 3.35. The Labute approximate surface area is 198 Å². The molecule has 1 aliphatic heterocycles. The zero-order valence-corrected chi connectivity index (χ0v) is 19.4. The number of fused-ring (bicyclic) bond motifs is 1. The van der Waals surface area contributed by atoms with Crippen molar-refractivity contribution in [3.63, 3.8) is 0 Å². The summed E-state index contributed by atoms with van der Waals surface area (Å²) in [6.07, 6.45) is 0. The molecule has 0 spiro atoms. The van der Waals surface area contributed by atoms with E-state index in [4.69, 9.17) is 14.0 Å². The smallest absolute Gasteiger partial charge is 0.241 e. The lowest BCUT2D eigenvalue weighted by Crippen LogP contribution is -2.45. The summed E-state index contributed by atoms with van der Waals surface area (Å²) in [6.45, 7) is 4.85. The summed E-state index contributed by atoms with van der Waals surface area (Å²) in [5.74, 6) is 3.09. The topological polar surface area (TPSA) is 84.1 Å². The molecule has 1 aromatic heterocycles. The normalized spacial score (nSPS) is 15.0. The number of aromatic nitrogens is 2. The van der Waals surface area contributed by atoms with E-state index >= 15 is 0 Å². The third-order valence-corrected chi connectivity index (χ3v) is 6.34. The van der Waals surface area contributed by atoms with Crippen molar-refractivity contribution < 1.29 is 19.1 Å². The van der Waals surface area contributed by atoms with Crippen LogP contribution in [0.4, 0.5) is 0 Å².